The van der Waals surface area contributed by atoms with Gasteiger partial charge in [0.15, 0.2) is 16.9 Å². The summed E-state index contributed by atoms with van der Waals surface area (Å²) in [6.45, 7) is 26.5. The number of piperazine rings is 1. The highest BCUT2D eigenvalue weighted by Gasteiger charge is 2.68. The number of likely N-dealkylation sites (tertiary alicyclic amines) is 1. The molecule has 6 aliphatic rings. The standard InChI is InChI=1S/C51H74BN7O13S2/c1-14-58-21-22-59(41(62)40(58)61)44(64)55-37(31-28-74-43(53-31)56-45(65)69-48(5,6)7)39(60)54-35(52-71-34-27-30-26-33(50(30,11)12)51(34,13)72-52)25-29-17-18-32(73-24-23-57-19-15-16-20-57)36(42(63)68-47(2,3)4)38(29)67-46(66)70-49(8,9)10/h17-18,28,30,33-35,37H,14-16,19-27H2,1-13H3,(H,54,60)(H,55,64)(H,53,56,65)/t30-,33-,34+,35-,37?,51-/m0/s1. The Bertz CT molecular complexity index is 2480. The molecule has 3 N–H and O–H groups in total. The maximum atomic E-state index is 15.2. The van der Waals surface area contributed by atoms with Crippen molar-refractivity contribution in [3.8, 4) is 5.75 Å². The van der Waals surface area contributed by atoms with E-state index in [1.54, 1.807) is 81.4 Å². The lowest BCUT2D eigenvalue weighted by atomic mass is 9.43. The van der Waals surface area contributed by atoms with E-state index in [1.165, 1.54) is 22.0 Å². The molecule has 1 unspecified atom stereocenters. The van der Waals surface area contributed by atoms with Gasteiger partial charge in [0.05, 0.1) is 23.3 Å². The van der Waals surface area contributed by atoms with Gasteiger partial charge >= 0.3 is 43.2 Å². The molecular formula is C51H74BN7O13S2. The second-order valence-corrected chi connectivity index (χ2v) is 25.5. The fraction of sp³-hybridized carbons (Fsp3) is 0.686. The van der Waals surface area contributed by atoms with Gasteiger partial charge in [0.1, 0.15) is 22.4 Å². The molecule has 6 atom stereocenters. The molecule has 0 radical (unpaired) electrons. The number of nitrogens with one attached hydrogen (secondary N) is 3. The SMILES string of the molecule is CCN1CCN(C(=O)NC(C(=O)N[C@@H](Cc2ccc(SCCN3CCCC3)c(C(=O)OC(C)(C)C)c2OC(=O)OC(C)(C)C)B2O[C@@H]3C[C@@H]4C[C@@H](C4(C)C)[C@]3(C)O2)c2csc(NC(=O)OC(C)(C)C)n2)C(=O)C1=O. The zero-order chi connectivity index (χ0) is 54.3. The lowest BCUT2D eigenvalue weighted by molar-refractivity contribution is -0.199. The third-order valence-corrected chi connectivity index (χ3v) is 16.0. The number of carbonyl (C=O) groups is 7. The van der Waals surface area contributed by atoms with Gasteiger partial charge < -0.3 is 48.7 Å². The first kappa shape index (κ1) is 56.8. The van der Waals surface area contributed by atoms with Crippen molar-refractivity contribution in [2.75, 3.05) is 50.3 Å². The zero-order valence-corrected chi connectivity index (χ0v) is 46.7. The van der Waals surface area contributed by atoms with Gasteiger partial charge in [-0.3, -0.25) is 24.6 Å². The molecule has 8 rings (SSSR count). The van der Waals surface area contributed by atoms with Gasteiger partial charge in [0.2, 0.25) is 5.91 Å². The summed E-state index contributed by atoms with van der Waals surface area (Å²) in [6.07, 6.45) is 1.46. The number of ether oxygens (including phenoxy) is 4. The van der Waals surface area contributed by atoms with Gasteiger partial charge in [0, 0.05) is 42.2 Å². The lowest BCUT2D eigenvalue weighted by Gasteiger charge is -2.64. The van der Waals surface area contributed by atoms with E-state index in [0.717, 1.165) is 55.1 Å². The molecule has 2 aromatic rings. The highest BCUT2D eigenvalue weighted by atomic mass is 32.2. The molecule has 4 heterocycles. The van der Waals surface area contributed by atoms with Gasteiger partial charge in [-0.05, 0) is 150 Å². The van der Waals surface area contributed by atoms with Crippen molar-refractivity contribution >= 4 is 77.3 Å². The third kappa shape index (κ3) is 13.2. The lowest BCUT2D eigenvalue weighted by Crippen LogP contribution is -2.65. The van der Waals surface area contributed by atoms with Gasteiger partial charge in [-0.1, -0.05) is 19.9 Å². The quantitative estimate of drug-likeness (QED) is 0.0394. The Hall–Kier alpha value is -4.97. The number of hydrogen-bond acceptors (Lipinski definition) is 17. The number of anilines is 1. The summed E-state index contributed by atoms with van der Waals surface area (Å²) < 4.78 is 37.0. The molecule has 3 aliphatic carbocycles. The van der Waals surface area contributed by atoms with Gasteiger partial charge in [-0.2, -0.15) is 0 Å². The summed E-state index contributed by atoms with van der Waals surface area (Å²) in [5, 5.41) is 9.77. The molecule has 3 saturated heterocycles. The number of amides is 6. The first-order valence-electron chi connectivity index (χ1n) is 25.6. The molecule has 1 aromatic carbocycles. The molecule has 74 heavy (non-hydrogen) atoms. The van der Waals surface area contributed by atoms with E-state index in [4.69, 9.17) is 28.3 Å². The first-order valence-corrected chi connectivity index (χ1v) is 27.5. The van der Waals surface area contributed by atoms with E-state index in [-0.39, 0.29) is 65.6 Å². The Morgan fingerprint density at radius 2 is 1.57 bits per heavy atom. The number of hydrogen-bond donors (Lipinski definition) is 3. The predicted molar refractivity (Wildman–Crippen MR) is 278 cm³/mol. The molecule has 6 amide bonds. The smallest absolute Gasteiger partial charge is 0.456 e. The van der Waals surface area contributed by atoms with Crippen LogP contribution in [0.25, 0.3) is 0 Å². The summed E-state index contributed by atoms with van der Waals surface area (Å²) in [5.74, 6) is -3.67. The number of esters is 1. The number of carbonyl (C=O) groups excluding carboxylic acids is 7. The molecule has 6 fully saturated rings. The molecule has 3 saturated carbocycles. The van der Waals surface area contributed by atoms with Crippen LogP contribution in [-0.4, -0.2) is 148 Å². The van der Waals surface area contributed by atoms with Crippen molar-refractivity contribution in [1.29, 1.82) is 0 Å². The maximum absolute atomic E-state index is 15.2. The number of thiazole rings is 1. The monoisotopic (exact) mass is 1070 g/mol. The summed E-state index contributed by atoms with van der Waals surface area (Å²) in [6, 6.07) is 0.819. The third-order valence-electron chi connectivity index (χ3n) is 14.2. The summed E-state index contributed by atoms with van der Waals surface area (Å²) in [7, 11) is -1.13. The molecule has 406 valence electrons. The Balaban J connectivity index is 1.30. The number of imide groups is 1. The van der Waals surface area contributed by atoms with Crippen LogP contribution in [0.5, 0.6) is 5.75 Å². The Kier molecular flexibility index (Phi) is 16.8. The van der Waals surface area contributed by atoms with E-state index >= 15 is 4.79 Å². The average Bonchev–Trinajstić information content (AvgIpc) is 4.05. The van der Waals surface area contributed by atoms with Crippen molar-refractivity contribution in [1.82, 2.24) is 30.3 Å². The Labute approximate surface area is 442 Å². The van der Waals surface area contributed by atoms with Crippen molar-refractivity contribution in [3.05, 3.63) is 34.3 Å². The topological polar surface area (TPSA) is 234 Å². The largest absolute Gasteiger partial charge is 0.514 e. The van der Waals surface area contributed by atoms with Gasteiger partial charge in [-0.15, -0.1) is 23.1 Å². The van der Waals surface area contributed by atoms with Crippen LogP contribution in [-0.2, 0) is 44.3 Å². The number of urea groups is 1. The van der Waals surface area contributed by atoms with E-state index in [2.05, 4.69) is 39.7 Å². The number of likely N-dealkylation sites (N-methyl/N-ethyl adjacent to an activating group) is 1. The predicted octanol–water partition coefficient (Wildman–Crippen LogP) is 7.38. The van der Waals surface area contributed by atoms with Crippen LogP contribution >= 0.6 is 23.1 Å². The molecule has 23 heteroatoms. The van der Waals surface area contributed by atoms with Crippen LogP contribution in [0, 0.1) is 17.3 Å². The summed E-state index contributed by atoms with van der Waals surface area (Å²) in [4.78, 5) is 106. The molecule has 2 bridgehead atoms. The van der Waals surface area contributed by atoms with Crippen molar-refractivity contribution < 1.29 is 61.8 Å². The highest BCUT2D eigenvalue weighted by Crippen LogP contribution is 2.66. The van der Waals surface area contributed by atoms with Gasteiger partial charge in [-0.25, -0.2) is 24.2 Å². The van der Waals surface area contributed by atoms with E-state index in [9.17, 15) is 28.8 Å². The fourth-order valence-corrected chi connectivity index (χ4v) is 12.3. The zero-order valence-electron chi connectivity index (χ0n) is 45.1. The minimum absolute atomic E-state index is 0.00346. The van der Waals surface area contributed by atoms with Crippen LogP contribution in [0.3, 0.4) is 0 Å². The van der Waals surface area contributed by atoms with Crippen molar-refractivity contribution in [2.45, 2.75) is 167 Å². The number of thioether (sulfide) groups is 1. The number of benzene rings is 1. The van der Waals surface area contributed by atoms with Crippen LogP contribution in [0.15, 0.2) is 22.4 Å². The van der Waals surface area contributed by atoms with E-state index in [0.29, 0.717) is 28.6 Å². The Morgan fingerprint density at radius 1 is 0.892 bits per heavy atom. The van der Waals surface area contributed by atoms with Crippen molar-refractivity contribution in [3.63, 3.8) is 0 Å². The van der Waals surface area contributed by atoms with Gasteiger partial charge in [0.25, 0.3) is 0 Å². The molecular weight excluding hydrogens is 994 g/mol. The summed E-state index contributed by atoms with van der Waals surface area (Å²) >= 11 is 2.39. The number of aromatic nitrogens is 1. The fourth-order valence-electron chi connectivity index (χ4n) is 10.5. The van der Waals surface area contributed by atoms with Crippen LogP contribution in [0.2, 0.25) is 0 Å². The highest BCUT2D eigenvalue weighted by molar-refractivity contribution is 7.99. The molecule has 1 aromatic heterocycles. The minimum Gasteiger partial charge on any atom is -0.456 e. The molecule has 3 aliphatic heterocycles. The number of nitrogens with zero attached hydrogens (tertiary/aromatic N) is 4. The van der Waals surface area contributed by atoms with Crippen LogP contribution in [0.1, 0.15) is 143 Å². The van der Waals surface area contributed by atoms with Crippen LogP contribution in [0.4, 0.5) is 19.5 Å². The maximum Gasteiger partial charge on any atom is 0.514 e. The summed E-state index contributed by atoms with van der Waals surface area (Å²) in [5.41, 5.74) is -3.32. The normalized spacial score (nSPS) is 23.6. The minimum atomic E-state index is -1.64. The van der Waals surface area contributed by atoms with E-state index < -0.39 is 83.5 Å². The first-order chi connectivity index (χ1) is 34.5. The molecule has 20 nitrogen and oxygen atoms in total. The van der Waals surface area contributed by atoms with Crippen molar-refractivity contribution in [2.24, 2.45) is 17.3 Å². The van der Waals surface area contributed by atoms with Crippen LogP contribution < -0.4 is 20.7 Å². The second-order valence-electron chi connectivity index (χ2n) is 23.5. The Morgan fingerprint density at radius 3 is 2.20 bits per heavy atom. The second kappa shape index (κ2) is 21.9. The number of rotatable bonds is 15. The average molecular weight is 1070 g/mol. The van der Waals surface area contributed by atoms with E-state index in [1.807, 2.05) is 6.92 Å². The molecule has 0 spiro atoms.